The largest absolute Gasteiger partial charge is 0.743 e. The molecule has 124 valence electrons. The second-order valence-electron chi connectivity index (χ2n) is 4.56. The molecule has 0 radical (unpaired) electrons. The van der Waals surface area contributed by atoms with Gasteiger partial charge >= 0.3 is 11.2 Å². The van der Waals surface area contributed by atoms with Gasteiger partial charge in [0.1, 0.15) is 5.78 Å². The van der Waals surface area contributed by atoms with Crippen molar-refractivity contribution in [1.82, 2.24) is 0 Å². The highest BCUT2D eigenvalue weighted by molar-refractivity contribution is 7.87. The second kappa shape index (κ2) is 9.04. The molecule has 0 saturated carbocycles. The van der Waals surface area contributed by atoms with Crippen LogP contribution >= 0.6 is 0 Å². The molecule has 0 aliphatic heterocycles. The molecule has 0 N–H and O–H groups in total. The number of ketones is 1. The van der Waals surface area contributed by atoms with Gasteiger partial charge < -0.3 is 9.29 Å². The summed E-state index contributed by atoms with van der Waals surface area (Å²) in [5.41, 5.74) is 0. The molecule has 0 aromatic rings. The summed E-state index contributed by atoms with van der Waals surface area (Å²) in [5, 5.41) is -5.08. The first-order valence-electron chi connectivity index (χ1n) is 6.65. The van der Waals surface area contributed by atoms with Crippen LogP contribution in [0.3, 0.4) is 0 Å². The Balaban J connectivity index is 3.87. The minimum atomic E-state index is -6.08. The van der Waals surface area contributed by atoms with Gasteiger partial charge in [-0.2, -0.15) is 8.78 Å². The first kappa shape index (κ1) is 19.9. The minimum Gasteiger partial charge on any atom is -0.743 e. The number of Topliss-reactive ketones (excluding diaryl/α,β-unsaturated/α-hetero) is 1. The summed E-state index contributed by atoms with van der Waals surface area (Å²) in [7, 11) is -6.08. The Morgan fingerprint density at radius 3 is 2.10 bits per heavy atom. The third kappa shape index (κ3) is 7.47. The number of hydrogen-bond acceptors (Lipinski definition) is 6. The van der Waals surface area contributed by atoms with Gasteiger partial charge in [-0.1, -0.05) is 19.8 Å². The van der Waals surface area contributed by atoms with E-state index in [1.165, 1.54) is 0 Å². The Morgan fingerprint density at radius 1 is 1.10 bits per heavy atom. The summed E-state index contributed by atoms with van der Waals surface area (Å²) < 4.78 is 59.9. The van der Waals surface area contributed by atoms with Gasteiger partial charge in [-0.05, 0) is 19.3 Å². The van der Waals surface area contributed by atoms with Crippen LogP contribution in [0.15, 0.2) is 0 Å². The molecule has 6 nitrogen and oxygen atoms in total. The van der Waals surface area contributed by atoms with Crippen molar-refractivity contribution >= 4 is 21.9 Å². The summed E-state index contributed by atoms with van der Waals surface area (Å²) in [6, 6.07) is 0. The minimum absolute atomic E-state index is 0.0437. The van der Waals surface area contributed by atoms with Crippen LogP contribution in [0.4, 0.5) is 8.78 Å². The van der Waals surface area contributed by atoms with E-state index in [4.69, 9.17) is 0 Å². The fourth-order valence-electron chi connectivity index (χ4n) is 1.47. The van der Waals surface area contributed by atoms with Crippen LogP contribution in [-0.2, 0) is 24.4 Å². The number of alkyl halides is 2. The van der Waals surface area contributed by atoms with E-state index in [-0.39, 0.29) is 18.6 Å². The Morgan fingerprint density at radius 2 is 1.62 bits per heavy atom. The molecule has 0 heterocycles. The zero-order chi connectivity index (χ0) is 16.5. The molecular formula is C12H19F2O6S-. The molecule has 0 bridgehead atoms. The van der Waals surface area contributed by atoms with Gasteiger partial charge in [-0.3, -0.25) is 4.79 Å². The van der Waals surface area contributed by atoms with E-state index in [0.29, 0.717) is 12.8 Å². The van der Waals surface area contributed by atoms with Crippen LogP contribution in [0.2, 0.25) is 0 Å². The molecule has 0 rings (SSSR count). The van der Waals surface area contributed by atoms with Gasteiger partial charge in [0.25, 0.3) is 0 Å². The Bertz CT molecular complexity index is 447. The monoisotopic (exact) mass is 329 g/mol. The van der Waals surface area contributed by atoms with E-state index in [0.717, 1.165) is 19.3 Å². The summed E-state index contributed by atoms with van der Waals surface area (Å²) in [6.45, 7) is 1.54. The van der Waals surface area contributed by atoms with Crippen LogP contribution in [-0.4, -0.2) is 36.6 Å². The van der Waals surface area contributed by atoms with Crippen LogP contribution in [0.5, 0.6) is 0 Å². The zero-order valence-electron chi connectivity index (χ0n) is 11.8. The number of esters is 1. The maximum Gasteiger partial charge on any atom is 0.428 e. The standard InChI is InChI=1S/C12H20F2O6S/c1-2-3-4-7-10(15)8-5-6-9-20-11(16)12(13,14)21(17,18)19/h2-9H2,1H3,(H,17,18,19)/p-1. The third-order valence-electron chi connectivity index (χ3n) is 2.69. The molecule has 0 saturated heterocycles. The molecule has 0 aliphatic rings. The second-order valence-corrected chi connectivity index (χ2v) is 5.98. The summed E-state index contributed by atoms with van der Waals surface area (Å²) in [6.07, 6.45) is 3.95. The van der Waals surface area contributed by atoms with E-state index < -0.39 is 27.9 Å². The molecule has 0 fully saturated rings. The Hall–Kier alpha value is -1.09. The van der Waals surface area contributed by atoms with Gasteiger partial charge in [-0.25, -0.2) is 13.2 Å². The molecule has 0 spiro atoms. The predicted molar refractivity (Wildman–Crippen MR) is 68.6 cm³/mol. The highest BCUT2D eigenvalue weighted by Crippen LogP contribution is 2.22. The van der Waals surface area contributed by atoms with Crippen LogP contribution in [0.25, 0.3) is 0 Å². The number of rotatable bonds is 11. The maximum atomic E-state index is 12.7. The third-order valence-corrected chi connectivity index (χ3v) is 3.49. The van der Waals surface area contributed by atoms with Crippen molar-refractivity contribution in [2.45, 2.75) is 57.1 Å². The lowest BCUT2D eigenvalue weighted by molar-refractivity contribution is -0.161. The smallest absolute Gasteiger partial charge is 0.428 e. The van der Waals surface area contributed by atoms with Crippen molar-refractivity contribution in [2.24, 2.45) is 0 Å². The average molecular weight is 329 g/mol. The molecule has 0 aromatic carbocycles. The van der Waals surface area contributed by atoms with Gasteiger partial charge in [-0.15, -0.1) is 0 Å². The first-order chi connectivity index (χ1) is 9.63. The summed E-state index contributed by atoms with van der Waals surface area (Å²) in [5.74, 6) is -2.34. The van der Waals surface area contributed by atoms with E-state index in [2.05, 4.69) is 4.74 Å². The predicted octanol–water partition coefficient (Wildman–Crippen LogP) is 1.99. The highest BCUT2D eigenvalue weighted by Gasteiger charge is 2.48. The van der Waals surface area contributed by atoms with Crippen LogP contribution in [0, 0.1) is 0 Å². The molecule has 0 aliphatic carbocycles. The summed E-state index contributed by atoms with van der Waals surface area (Å²) >= 11 is 0. The molecule has 0 amide bonds. The van der Waals surface area contributed by atoms with Gasteiger partial charge in [0, 0.05) is 12.8 Å². The van der Waals surface area contributed by atoms with E-state index in [9.17, 15) is 31.3 Å². The fraction of sp³-hybridized carbons (Fsp3) is 0.833. The lowest BCUT2D eigenvalue weighted by atomic mass is 10.1. The van der Waals surface area contributed by atoms with Crippen molar-refractivity contribution in [3.05, 3.63) is 0 Å². The van der Waals surface area contributed by atoms with Crippen LogP contribution in [0.1, 0.15) is 51.9 Å². The SMILES string of the molecule is CCCCCC(=O)CCCCOC(=O)C(F)(F)S(=O)(=O)[O-]. The molecule has 21 heavy (non-hydrogen) atoms. The van der Waals surface area contributed by atoms with Gasteiger partial charge in [0.2, 0.25) is 0 Å². The fourth-order valence-corrected chi connectivity index (χ4v) is 1.74. The van der Waals surface area contributed by atoms with Crippen molar-refractivity contribution in [1.29, 1.82) is 0 Å². The van der Waals surface area contributed by atoms with E-state index >= 15 is 0 Å². The number of unbranched alkanes of at least 4 members (excludes halogenated alkanes) is 3. The highest BCUT2D eigenvalue weighted by atomic mass is 32.2. The van der Waals surface area contributed by atoms with Gasteiger partial charge in [0.05, 0.1) is 6.61 Å². The molecular weight excluding hydrogens is 310 g/mol. The number of carbonyl (C=O) groups excluding carboxylic acids is 2. The van der Waals surface area contributed by atoms with Gasteiger partial charge in [0.15, 0.2) is 10.1 Å². The Kier molecular flexibility index (Phi) is 8.57. The normalized spacial score (nSPS) is 12.2. The van der Waals surface area contributed by atoms with E-state index in [1.54, 1.807) is 0 Å². The molecule has 0 unspecified atom stereocenters. The lowest BCUT2D eigenvalue weighted by Crippen LogP contribution is -2.39. The number of ether oxygens (including phenoxy) is 1. The zero-order valence-corrected chi connectivity index (χ0v) is 12.6. The number of carbonyl (C=O) groups is 2. The van der Waals surface area contributed by atoms with Crippen molar-refractivity contribution in [3.8, 4) is 0 Å². The molecule has 0 aromatic heterocycles. The van der Waals surface area contributed by atoms with E-state index in [1.807, 2.05) is 6.92 Å². The number of halogens is 2. The van der Waals surface area contributed by atoms with Crippen LogP contribution < -0.4 is 0 Å². The number of hydrogen-bond donors (Lipinski definition) is 0. The molecule has 0 atom stereocenters. The average Bonchev–Trinajstić information content (AvgIpc) is 2.37. The summed E-state index contributed by atoms with van der Waals surface area (Å²) in [4.78, 5) is 22.1. The van der Waals surface area contributed by atoms with Crippen molar-refractivity contribution in [2.75, 3.05) is 6.61 Å². The lowest BCUT2D eigenvalue weighted by Gasteiger charge is -2.17. The quantitative estimate of drug-likeness (QED) is 0.326. The molecule has 9 heteroatoms. The first-order valence-corrected chi connectivity index (χ1v) is 8.06. The van der Waals surface area contributed by atoms with Crippen molar-refractivity contribution < 1.29 is 36.1 Å². The Labute approximate surface area is 122 Å². The maximum absolute atomic E-state index is 12.7. The topological polar surface area (TPSA) is 101 Å². The van der Waals surface area contributed by atoms with Crippen molar-refractivity contribution in [3.63, 3.8) is 0 Å².